The second kappa shape index (κ2) is 5.62. The largest absolute Gasteiger partial charge is 0.486 e. The number of nitrogens with one attached hydrogen (secondary N) is 2. The molecule has 0 aromatic heterocycles. The molecule has 1 aliphatic heterocycles. The van der Waals surface area contributed by atoms with Crippen molar-refractivity contribution in [3.8, 4) is 5.75 Å². The maximum absolute atomic E-state index is 11.9. The first-order valence-corrected chi connectivity index (χ1v) is 7.32. The van der Waals surface area contributed by atoms with Gasteiger partial charge in [0.05, 0.1) is 5.02 Å². The van der Waals surface area contributed by atoms with Gasteiger partial charge in [-0.2, -0.15) is 0 Å². The van der Waals surface area contributed by atoms with E-state index in [2.05, 4.69) is 17.6 Å². The highest BCUT2D eigenvalue weighted by molar-refractivity contribution is 6.32. The number of carbonyl (C=O) groups is 1. The molecule has 0 saturated heterocycles. The Balaban J connectivity index is 2.33. The van der Waals surface area contributed by atoms with E-state index in [4.69, 9.17) is 16.3 Å². The second-order valence-corrected chi connectivity index (χ2v) is 5.97. The highest BCUT2D eigenvalue weighted by Gasteiger charge is 2.31. The lowest BCUT2D eigenvalue weighted by Gasteiger charge is -2.26. The monoisotopic (exact) mass is 296 g/mol. The van der Waals surface area contributed by atoms with Crippen LogP contribution in [0.15, 0.2) is 12.1 Å². The van der Waals surface area contributed by atoms with Crippen LogP contribution >= 0.6 is 11.6 Å². The van der Waals surface area contributed by atoms with Gasteiger partial charge < -0.3 is 15.4 Å². The van der Waals surface area contributed by atoms with Crippen LogP contribution in [-0.2, 0) is 4.79 Å². The van der Waals surface area contributed by atoms with Crippen LogP contribution in [0.2, 0.25) is 5.02 Å². The molecule has 1 aromatic rings. The average Bonchev–Trinajstić information content (AvgIpc) is 2.67. The average molecular weight is 297 g/mol. The minimum absolute atomic E-state index is 0.0511. The fourth-order valence-corrected chi connectivity index (χ4v) is 2.33. The zero-order chi connectivity index (χ0) is 14.9. The van der Waals surface area contributed by atoms with E-state index in [-0.39, 0.29) is 17.6 Å². The number of anilines is 1. The fourth-order valence-electron chi connectivity index (χ4n) is 2.12. The number of ether oxygens (including phenoxy) is 1. The number of benzene rings is 1. The summed E-state index contributed by atoms with van der Waals surface area (Å²) in [6.45, 7) is 8.77. The van der Waals surface area contributed by atoms with Crippen LogP contribution in [0.4, 0.5) is 5.69 Å². The lowest BCUT2D eigenvalue weighted by atomic mass is 10.1. The summed E-state index contributed by atoms with van der Waals surface area (Å²) in [5.41, 5.74) is 1.36. The number of hydrogen-bond donors (Lipinski definition) is 2. The van der Waals surface area contributed by atoms with Crippen molar-refractivity contribution in [2.24, 2.45) is 0 Å². The summed E-state index contributed by atoms with van der Waals surface area (Å²) in [4.78, 5) is 11.9. The lowest BCUT2D eigenvalue weighted by molar-refractivity contribution is -0.117. The second-order valence-electron chi connectivity index (χ2n) is 5.57. The van der Waals surface area contributed by atoms with E-state index in [0.717, 1.165) is 24.2 Å². The Morgan fingerprint density at radius 1 is 1.40 bits per heavy atom. The van der Waals surface area contributed by atoms with Crippen LogP contribution in [0.3, 0.4) is 0 Å². The molecule has 0 radical (unpaired) electrons. The Bertz CT molecular complexity index is 529. The number of halogens is 1. The molecule has 0 saturated carbocycles. The number of hydrogen-bond acceptors (Lipinski definition) is 3. The van der Waals surface area contributed by atoms with E-state index >= 15 is 0 Å². The zero-order valence-corrected chi connectivity index (χ0v) is 13.1. The number of rotatable bonds is 5. The first kappa shape index (κ1) is 15.1. The predicted molar refractivity (Wildman–Crippen MR) is 81.5 cm³/mol. The molecule has 1 atom stereocenters. The molecular formula is C15H21ClN2O2. The summed E-state index contributed by atoms with van der Waals surface area (Å²) < 4.78 is 5.93. The summed E-state index contributed by atoms with van der Waals surface area (Å²) in [7, 11) is 0. The van der Waals surface area contributed by atoms with E-state index in [1.807, 2.05) is 32.9 Å². The SMILES string of the molecule is CCNC1C(=O)Nc2cc(OC(C)(C)CC)c(Cl)cc21. The summed E-state index contributed by atoms with van der Waals surface area (Å²) in [6.07, 6.45) is 0.868. The minimum Gasteiger partial charge on any atom is -0.486 e. The molecule has 1 aromatic carbocycles. The zero-order valence-electron chi connectivity index (χ0n) is 12.3. The highest BCUT2D eigenvalue weighted by atomic mass is 35.5. The van der Waals surface area contributed by atoms with Gasteiger partial charge in [0.25, 0.3) is 0 Å². The maximum Gasteiger partial charge on any atom is 0.246 e. The molecule has 5 heteroatoms. The first-order valence-electron chi connectivity index (χ1n) is 6.94. The van der Waals surface area contributed by atoms with Crippen molar-refractivity contribution in [1.29, 1.82) is 0 Å². The molecule has 2 N–H and O–H groups in total. The third kappa shape index (κ3) is 2.91. The van der Waals surface area contributed by atoms with Gasteiger partial charge in [0, 0.05) is 17.3 Å². The van der Waals surface area contributed by atoms with Crippen molar-refractivity contribution in [1.82, 2.24) is 5.32 Å². The van der Waals surface area contributed by atoms with Crippen molar-refractivity contribution < 1.29 is 9.53 Å². The molecule has 0 spiro atoms. The van der Waals surface area contributed by atoms with Crippen LogP contribution in [0.1, 0.15) is 45.7 Å². The van der Waals surface area contributed by atoms with E-state index in [1.54, 1.807) is 0 Å². The van der Waals surface area contributed by atoms with Gasteiger partial charge in [-0.1, -0.05) is 25.4 Å². The van der Waals surface area contributed by atoms with E-state index in [0.29, 0.717) is 10.8 Å². The van der Waals surface area contributed by atoms with Crippen molar-refractivity contribution in [2.75, 3.05) is 11.9 Å². The Morgan fingerprint density at radius 3 is 2.70 bits per heavy atom. The van der Waals surface area contributed by atoms with Gasteiger partial charge in [0.15, 0.2) is 0 Å². The van der Waals surface area contributed by atoms with E-state index < -0.39 is 0 Å². The summed E-state index contributed by atoms with van der Waals surface area (Å²) >= 11 is 6.29. The van der Waals surface area contributed by atoms with Crippen molar-refractivity contribution >= 4 is 23.2 Å². The van der Waals surface area contributed by atoms with Gasteiger partial charge in [-0.05, 0) is 32.9 Å². The lowest BCUT2D eigenvalue weighted by Crippen LogP contribution is -2.27. The Morgan fingerprint density at radius 2 is 2.10 bits per heavy atom. The van der Waals surface area contributed by atoms with Crippen LogP contribution in [0, 0.1) is 0 Å². The Kier molecular flexibility index (Phi) is 4.25. The number of carbonyl (C=O) groups excluding carboxylic acids is 1. The smallest absolute Gasteiger partial charge is 0.246 e. The molecule has 1 amide bonds. The van der Waals surface area contributed by atoms with Gasteiger partial charge in [-0.15, -0.1) is 0 Å². The number of fused-ring (bicyclic) bond motifs is 1. The van der Waals surface area contributed by atoms with Gasteiger partial charge in [-0.25, -0.2) is 0 Å². The molecule has 1 aliphatic rings. The quantitative estimate of drug-likeness (QED) is 0.874. The summed E-state index contributed by atoms with van der Waals surface area (Å²) in [5, 5.41) is 6.54. The third-order valence-electron chi connectivity index (χ3n) is 3.58. The molecule has 0 aliphatic carbocycles. The van der Waals surface area contributed by atoms with E-state index in [1.165, 1.54) is 0 Å². The molecule has 0 fully saturated rings. The Labute approximate surface area is 124 Å². The predicted octanol–water partition coefficient (Wildman–Crippen LogP) is 3.51. The van der Waals surface area contributed by atoms with Crippen LogP contribution in [-0.4, -0.2) is 18.1 Å². The van der Waals surface area contributed by atoms with Gasteiger partial charge in [0.2, 0.25) is 5.91 Å². The molecule has 1 heterocycles. The maximum atomic E-state index is 11.9. The van der Waals surface area contributed by atoms with E-state index in [9.17, 15) is 4.79 Å². The highest BCUT2D eigenvalue weighted by Crippen LogP contribution is 2.39. The van der Waals surface area contributed by atoms with Crippen molar-refractivity contribution in [2.45, 2.75) is 45.8 Å². The Hall–Kier alpha value is -1.26. The van der Waals surface area contributed by atoms with Crippen LogP contribution in [0.5, 0.6) is 5.75 Å². The third-order valence-corrected chi connectivity index (χ3v) is 3.88. The fraction of sp³-hybridized carbons (Fsp3) is 0.533. The van der Waals surface area contributed by atoms with Crippen molar-refractivity contribution in [3.05, 3.63) is 22.7 Å². The topological polar surface area (TPSA) is 50.4 Å². The number of likely N-dealkylation sites (N-methyl/N-ethyl adjacent to an activating group) is 1. The minimum atomic E-state index is -0.333. The first-order chi connectivity index (χ1) is 9.38. The molecular weight excluding hydrogens is 276 g/mol. The molecule has 4 nitrogen and oxygen atoms in total. The molecule has 2 rings (SSSR count). The number of amides is 1. The standard InChI is InChI=1S/C15H21ClN2O2/c1-5-15(3,4)20-12-8-11-9(7-10(12)16)13(17-6-2)14(19)18-11/h7-8,13,17H,5-6H2,1-4H3,(H,18,19). The molecule has 110 valence electrons. The van der Waals surface area contributed by atoms with Gasteiger partial charge in [-0.3, -0.25) is 4.79 Å². The van der Waals surface area contributed by atoms with Crippen LogP contribution < -0.4 is 15.4 Å². The summed E-state index contributed by atoms with van der Waals surface area (Å²) in [5.74, 6) is 0.555. The molecule has 0 bridgehead atoms. The molecule has 1 unspecified atom stereocenters. The van der Waals surface area contributed by atoms with Gasteiger partial charge >= 0.3 is 0 Å². The normalized spacial score (nSPS) is 17.9. The summed E-state index contributed by atoms with van der Waals surface area (Å²) in [6, 6.07) is 3.29. The van der Waals surface area contributed by atoms with Gasteiger partial charge in [0.1, 0.15) is 17.4 Å². The van der Waals surface area contributed by atoms with Crippen LogP contribution in [0.25, 0.3) is 0 Å². The van der Waals surface area contributed by atoms with Crippen molar-refractivity contribution in [3.63, 3.8) is 0 Å². The molecule has 20 heavy (non-hydrogen) atoms.